The molecule has 0 aliphatic carbocycles. The fourth-order valence-electron chi connectivity index (χ4n) is 1.74. The van der Waals surface area contributed by atoms with Crippen LogP contribution in [-0.2, 0) is 14.8 Å². The van der Waals surface area contributed by atoms with Crippen LogP contribution < -0.4 is 14.8 Å². The first kappa shape index (κ1) is 18.2. The van der Waals surface area contributed by atoms with E-state index < -0.39 is 10.0 Å². The summed E-state index contributed by atoms with van der Waals surface area (Å²) in [4.78, 5) is 11.6. The quantitative estimate of drug-likeness (QED) is 0.560. The molecule has 1 aromatic rings. The number of nitrogens with one attached hydrogen (secondary N) is 2. The van der Waals surface area contributed by atoms with Crippen LogP contribution in [0.4, 0.5) is 0 Å². The molecule has 0 atom stereocenters. The zero-order valence-corrected chi connectivity index (χ0v) is 13.9. The number of carbonyl (C=O) groups is 1. The summed E-state index contributed by atoms with van der Waals surface area (Å²) in [7, 11) is -0.894. The van der Waals surface area contributed by atoms with Gasteiger partial charge >= 0.3 is 0 Å². The number of methoxy groups -OCH3 is 1. The van der Waals surface area contributed by atoms with E-state index in [0.717, 1.165) is 12.8 Å². The lowest BCUT2D eigenvalue weighted by Gasteiger charge is -2.09. The molecule has 0 heterocycles. The number of amides is 1. The molecule has 0 aliphatic heterocycles. The highest BCUT2D eigenvalue weighted by Gasteiger charge is 2.17. The number of unbranched alkanes of at least 4 members (excludes halogenated alkanes) is 1. The van der Waals surface area contributed by atoms with Gasteiger partial charge in [-0.25, -0.2) is 13.1 Å². The van der Waals surface area contributed by atoms with Crippen LogP contribution >= 0.6 is 0 Å². The van der Waals surface area contributed by atoms with Crippen molar-refractivity contribution in [3.05, 3.63) is 29.8 Å². The minimum absolute atomic E-state index is 0.0334. The fourth-order valence-corrected chi connectivity index (χ4v) is 2.66. The molecule has 1 aromatic carbocycles. The van der Waals surface area contributed by atoms with Crippen LogP contribution in [0.15, 0.2) is 29.2 Å². The molecule has 1 amide bonds. The second-order valence-corrected chi connectivity index (χ2v) is 6.45. The van der Waals surface area contributed by atoms with Crippen LogP contribution in [0.25, 0.3) is 6.08 Å². The molecule has 122 valence electrons. The second-order valence-electron chi connectivity index (χ2n) is 4.60. The zero-order valence-electron chi connectivity index (χ0n) is 13.0. The van der Waals surface area contributed by atoms with Gasteiger partial charge in [-0.15, -0.1) is 0 Å². The smallest absolute Gasteiger partial charge is 0.244 e. The Morgan fingerprint density at radius 1 is 1.36 bits per heavy atom. The van der Waals surface area contributed by atoms with Crippen molar-refractivity contribution < 1.29 is 17.9 Å². The average Bonchev–Trinajstić information content (AvgIpc) is 2.52. The molecule has 0 spiro atoms. The molecule has 0 radical (unpaired) electrons. The van der Waals surface area contributed by atoms with Crippen molar-refractivity contribution in [2.75, 3.05) is 20.7 Å². The van der Waals surface area contributed by atoms with E-state index >= 15 is 0 Å². The summed E-state index contributed by atoms with van der Waals surface area (Å²) < 4.78 is 31.2. The van der Waals surface area contributed by atoms with Crippen molar-refractivity contribution in [3.8, 4) is 5.75 Å². The summed E-state index contributed by atoms with van der Waals surface area (Å²) in [6.45, 7) is 2.67. The average molecular weight is 326 g/mol. The van der Waals surface area contributed by atoms with Gasteiger partial charge in [-0.2, -0.15) is 0 Å². The number of sulfonamides is 1. The van der Waals surface area contributed by atoms with Crippen molar-refractivity contribution in [3.63, 3.8) is 0 Å². The summed E-state index contributed by atoms with van der Waals surface area (Å²) >= 11 is 0. The Labute approximate surface area is 131 Å². The van der Waals surface area contributed by atoms with E-state index in [4.69, 9.17) is 4.74 Å². The van der Waals surface area contributed by atoms with Crippen LogP contribution in [0.2, 0.25) is 0 Å². The third-order valence-corrected chi connectivity index (χ3v) is 4.44. The molecule has 0 saturated carbocycles. The topological polar surface area (TPSA) is 84.5 Å². The summed E-state index contributed by atoms with van der Waals surface area (Å²) in [5.74, 6) is 0.0428. The Bertz CT molecular complexity index is 639. The zero-order chi connectivity index (χ0) is 16.6. The molecule has 22 heavy (non-hydrogen) atoms. The molecular weight excluding hydrogens is 304 g/mol. The SMILES string of the molecule is CCCCNC(=O)/C=C/c1ccc(OC)c(S(=O)(=O)NC)c1. The van der Waals surface area contributed by atoms with E-state index in [9.17, 15) is 13.2 Å². The van der Waals surface area contributed by atoms with E-state index in [1.54, 1.807) is 18.2 Å². The first-order chi connectivity index (χ1) is 10.4. The molecule has 6 nitrogen and oxygen atoms in total. The van der Waals surface area contributed by atoms with E-state index in [-0.39, 0.29) is 16.6 Å². The van der Waals surface area contributed by atoms with E-state index in [1.807, 2.05) is 6.92 Å². The molecule has 2 N–H and O–H groups in total. The van der Waals surface area contributed by atoms with E-state index in [2.05, 4.69) is 10.0 Å². The normalized spacial score (nSPS) is 11.6. The van der Waals surface area contributed by atoms with E-state index in [1.165, 1.54) is 26.3 Å². The highest BCUT2D eigenvalue weighted by molar-refractivity contribution is 7.89. The van der Waals surface area contributed by atoms with Crippen LogP contribution in [-0.4, -0.2) is 35.0 Å². The van der Waals surface area contributed by atoms with Gasteiger partial charge in [0.1, 0.15) is 10.6 Å². The van der Waals surface area contributed by atoms with Crippen LogP contribution in [0.3, 0.4) is 0 Å². The van der Waals surface area contributed by atoms with Crippen molar-refractivity contribution in [2.24, 2.45) is 0 Å². The van der Waals surface area contributed by atoms with Gasteiger partial charge in [-0.3, -0.25) is 4.79 Å². The standard InChI is InChI=1S/C15H22N2O4S/c1-4-5-10-17-15(18)9-7-12-6-8-13(21-3)14(11-12)22(19,20)16-2/h6-9,11,16H,4-5,10H2,1-3H3,(H,17,18)/b9-7+. The molecule has 1 rings (SSSR count). The lowest BCUT2D eigenvalue weighted by molar-refractivity contribution is -0.116. The first-order valence-corrected chi connectivity index (χ1v) is 8.50. The summed E-state index contributed by atoms with van der Waals surface area (Å²) in [6, 6.07) is 4.70. The number of benzene rings is 1. The Hall–Kier alpha value is -1.86. The highest BCUT2D eigenvalue weighted by atomic mass is 32.2. The Balaban J connectivity index is 2.94. The molecule has 0 saturated heterocycles. The highest BCUT2D eigenvalue weighted by Crippen LogP contribution is 2.25. The molecule has 0 aliphatic rings. The maximum absolute atomic E-state index is 12.0. The number of hydrogen-bond donors (Lipinski definition) is 2. The number of hydrogen-bond acceptors (Lipinski definition) is 4. The predicted octanol–water partition coefficient (Wildman–Crippen LogP) is 1.53. The Kier molecular flexibility index (Phi) is 7.07. The van der Waals surface area contributed by atoms with Crippen molar-refractivity contribution in [2.45, 2.75) is 24.7 Å². The monoisotopic (exact) mass is 326 g/mol. The van der Waals surface area contributed by atoms with Crippen LogP contribution in [0, 0.1) is 0 Å². The maximum atomic E-state index is 12.0. The van der Waals surface area contributed by atoms with Crippen LogP contribution in [0.1, 0.15) is 25.3 Å². The summed E-state index contributed by atoms with van der Waals surface area (Å²) in [6.07, 6.45) is 4.88. The Morgan fingerprint density at radius 2 is 2.09 bits per heavy atom. The van der Waals surface area contributed by atoms with Gasteiger partial charge in [0.2, 0.25) is 15.9 Å². The minimum atomic E-state index is -3.63. The van der Waals surface area contributed by atoms with Gasteiger partial charge in [0.05, 0.1) is 7.11 Å². The molecule has 0 fully saturated rings. The van der Waals surface area contributed by atoms with Gasteiger partial charge in [-0.1, -0.05) is 19.4 Å². The maximum Gasteiger partial charge on any atom is 0.244 e. The van der Waals surface area contributed by atoms with Gasteiger partial charge < -0.3 is 10.1 Å². The minimum Gasteiger partial charge on any atom is -0.495 e. The largest absolute Gasteiger partial charge is 0.495 e. The predicted molar refractivity (Wildman–Crippen MR) is 86.2 cm³/mol. The first-order valence-electron chi connectivity index (χ1n) is 7.02. The van der Waals surface area contributed by atoms with Gasteiger partial charge in [-0.05, 0) is 37.2 Å². The molecule has 0 unspecified atom stereocenters. The van der Waals surface area contributed by atoms with E-state index in [0.29, 0.717) is 12.1 Å². The number of carbonyl (C=O) groups excluding carboxylic acids is 1. The second kappa shape index (κ2) is 8.55. The van der Waals surface area contributed by atoms with Crippen LogP contribution in [0.5, 0.6) is 5.75 Å². The lowest BCUT2D eigenvalue weighted by Crippen LogP contribution is -2.21. The molecule has 7 heteroatoms. The van der Waals surface area contributed by atoms with Crippen molar-refractivity contribution >= 4 is 22.0 Å². The lowest BCUT2D eigenvalue weighted by atomic mass is 10.2. The molecule has 0 bridgehead atoms. The van der Waals surface area contributed by atoms with Gasteiger partial charge in [0, 0.05) is 12.6 Å². The Morgan fingerprint density at radius 3 is 2.68 bits per heavy atom. The van der Waals surface area contributed by atoms with Crippen molar-refractivity contribution in [1.29, 1.82) is 0 Å². The molecular formula is C15H22N2O4S. The summed E-state index contributed by atoms with van der Waals surface area (Å²) in [5.41, 5.74) is 0.597. The third-order valence-electron chi connectivity index (χ3n) is 3.00. The van der Waals surface area contributed by atoms with Crippen molar-refractivity contribution in [1.82, 2.24) is 10.0 Å². The third kappa shape index (κ3) is 5.16. The molecule has 0 aromatic heterocycles. The van der Waals surface area contributed by atoms with Gasteiger partial charge in [0.15, 0.2) is 0 Å². The fraction of sp³-hybridized carbons (Fsp3) is 0.400. The number of ether oxygens (including phenoxy) is 1. The summed E-state index contributed by atoms with van der Waals surface area (Å²) in [5, 5.41) is 2.75. The van der Waals surface area contributed by atoms with Gasteiger partial charge in [0.25, 0.3) is 0 Å². The number of rotatable bonds is 8.